The van der Waals surface area contributed by atoms with Crippen molar-refractivity contribution in [1.82, 2.24) is 15.2 Å². The molecular weight excluding hydrogens is 336 g/mol. The van der Waals surface area contributed by atoms with Crippen LogP contribution in [0, 0.1) is 0 Å². The number of nitrogens with zero attached hydrogens (tertiary/aromatic N) is 2. The van der Waals surface area contributed by atoms with Gasteiger partial charge in [0.2, 0.25) is 5.91 Å². The summed E-state index contributed by atoms with van der Waals surface area (Å²) < 4.78 is 4.93. The third kappa shape index (κ3) is 7.96. The largest absolute Gasteiger partial charge is 0.466 e. The quantitative estimate of drug-likeness (QED) is 0.579. The first-order valence-electron chi connectivity index (χ1n) is 8.87. The molecule has 0 radical (unpaired) electrons. The van der Waals surface area contributed by atoms with Crippen LogP contribution in [0.15, 0.2) is 24.5 Å². The van der Waals surface area contributed by atoms with E-state index in [0.29, 0.717) is 6.42 Å². The smallest absolute Gasteiger partial charge is 0.312 e. The van der Waals surface area contributed by atoms with Crippen molar-refractivity contribution in [3.8, 4) is 0 Å². The zero-order valence-electron chi connectivity index (χ0n) is 15.4. The standard InChI is InChI=1S/C18H28N4O4/c1-3-5-8-15(21-18(19)25)17(24)22(11-9-16(23)26-4-2)13-14-7-6-10-20-12-14/h6-7,10,12,15H,3-5,8-9,11,13H2,1-2H3,(H3,19,21,25). The van der Waals surface area contributed by atoms with Crippen LogP contribution in [0.5, 0.6) is 0 Å². The first-order valence-corrected chi connectivity index (χ1v) is 8.87. The zero-order chi connectivity index (χ0) is 19.4. The summed E-state index contributed by atoms with van der Waals surface area (Å²) in [5.41, 5.74) is 6.04. The van der Waals surface area contributed by atoms with Gasteiger partial charge in [-0.05, 0) is 25.0 Å². The van der Waals surface area contributed by atoms with Gasteiger partial charge in [-0.1, -0.05) is 25.8 Å². The summed E-state index contributed by atoms with van der Waals surface area (Å²) in [5, 5.41) is 2.51. The van der Waals surface area contributed by atoms with E-state index >= 15 is 0 Å². The fourth-order valence-corrected chi connectivity index (χ4v) is 2.50. The highest BCUT2D eigenvalue weighted by molar-refractivity contribution is 5.86. The van der Waals surface area contributed by atoms with Crippen LogP contribution in [0.25, 0.3) is 0 Å². The molecule has 26 heavy (non-hydrogen) atoms. The second-order valence-electron chi connectivity index (χ2n) is 5.88. The Morgan fingerprint density at radius 1 is 1.35 bits per heavy atom. The van der Waals surface area contributed by atoms with Crippen molar-refractivity contribution < 1.29 is 19.1 Å². The number of pyridine rings is 1. The Kier molecular flexibility index (Phi) is 9.74. The van der Waals surface area contributed by atoms with Gasteiger partial charge in [-0.2, -0.15) is 0 Å². The van der Waals surface area contributed by atoms with Crippen molar-refractivity contribution in [3.63, 3.8) is 0 Å². The summed E-state index contributed by atoms with van der Waals surface area (Å²) >= 11 is 0. The number of urea groups is 1. The lowest BCUT2D eigenvalue weighted by Gasteiger charge is -2.27. The molecule has 0 fully saturated rings. The second kappa shape index (κ2) is 11.8. The number of aromatic nitrogens is 1. The van der Waals surface area contributed by atoms with Gasteiger partial charge in [-0.3, -0.25) is 14.6 Å². The zero-order valence-corrected chi connectivity index (χ0v) is 15.4. The molecule has 0 saturated carbocycles. The molecule has 0 aliphatic carbocycles. The number of hydrogen-bond donors (Lipinski definition) is 2. The number of ether oxygens (including phenoxy) is 1. The van der Waals surface area contributed by atoms with Gasteiger partial charge in [0.05, 0.1) is 13.0 Å². The first-order chi connectivity index (χ1) is 12.5. The molecule has 1 unspecified atom stereocenters. The Balaban J connectivity index is 2.89. The lowest BCUT2D eigenvalue weighted by atomic mass is 10.1. The summed E-state index contributed by atoms with van der Waals surface area (Å²) in [7, 11) is 0. The lowest BCUT2D eigenvalue weighted by molar-refractivity contribution is -0.144. The molecule has 1 rings (SSSR count). The van der Waals surface area contributed by atoms with E-state index in [1.165, 1.54) is 4.90 Å². The van der Waals surface area contributed by atoms with E-state index in [4.69, 9.17) is 10.5 Å². The number of unbranched alkanes of at least 4 members (excludes halogenated alkanes) is 1. The summed E-state index contributed by atoms with van der Waals surface area (Å²) in [6.07, 6.45) is 5.53. The number of nitrogens with one attached hydrogen (secondary N) is 1. The Hall–Kier alpha value is -2.64. The minimum absolute atomic E-state index is 0.0803. The predicted octanol–water partition coefficient (Wildman–Crippen LogP) is 1.59. The van der Waals surface area contributed by atoms with Crippen molar-refractivity contribution in [2.75, 3.05) is 13.2 Å². The second-order valence-corrected chi connectivity index (χ2v) is 5.88. The van der Waals surface area contributed by atoms with E-state index in [-0.39, 0.29) is 38.0 Å². The molecule has 0 aliphatic heterocycles. The number of nitrogens with two attached hydrogens (primary N) is 1. The number of carbonyl (C=O) groups excluding carboxylic acids is 3. The number of carbonyl (C=O) groups is 3. The van der Waals surface area contributed by atoms with Crippen LogP contribution >= 0.6 is 0 Å². The number of hydrogen-bond acceptors (Lipinski definition) is 5. The topological polar surface area (TPSA) is 115 Å². The Morgan fingerprint density at radius 3 is 2.69 bits per heavy atom. The van der Waals surface area contributed by atoms with E-state index in [0.717, 1.165) is 18.4 Å². The number of rotatable bonds is 11. The van der Waals surface area contributed by atoms with Gasteiger partial charge >= 0.3 is 12.0 Å². The van der Waals surface area contributed by atoms with Crippen molar-refractivity contribution in [1.29, 1.82) is 0 Å². The van der Waals surface area contributed by atoms with Gasteiger partial charge in [0.1, 0.15) is 6.04 Å². The first kappa shape index (κ1) is 21.4. The highest BCUT2D eigenvalue weighted by atomic mass is 16.5. The van der Waals surface area contributed by atoms with E-state index in [1.807, 2.05) is 13.0 Å². The third-order valence-corrected chi connectivity index (χ3v) is 3.76. The monoisotopic (exact) mass is 364 g/mol. The average Bonchev–Trinajstić information content (AvgIpc) is 2.62. The molecule has 0 spiro atoms. The molecule has 1 aromatic heterocycles. The maximum atomic E-state index is 12.9. The molecule has 1 heterocycles. The molecule has 0 aromatic carbocycles. The van der Waals surface area contributed by atoms with E-state index in [1.54, 1.807) is 25.4 Å². The molecule has 8 nitrogen and oxygen atoms in total. The van der Waals surface area contributed by atoms with E-state index < -0.39 is 12.1 Å². The molecular formula is C18H28N4O4. The van der Waals surface area contributed by atoms with Crippen molar-refractivity contribution in [3.05, 3.63) is 30.1 Å². The highest BCUT2D eigenvalue weighted by Crippen LogP contribution is 2.10. The Labute approximate surface area is 154 Å². The molecule has 1 aromatic rings. The highest BCUT2D eigenvalue weighted by Gasteiger charge is 2.25. The summed E-state index contributed by atoms with van der Waals surface area (Å²) in [5.74, 6) is -0.644. The van der Waals surface area contributed by atoms with Gasteiger partial charge in [0.25, 0.3) is 0 Å². The number of primary amides is 1. The van der Waals surface area contributed by atoms with Crippen molar-refractivity contribution >= 4 is 17.9 Å². The van der Waals surface area contributed by atoms with Gasteiger partial charge in [-0.25, -0.2) is 4.79 Å². The van der Waals surface area contributed by atoms with E-state index in [9.17, 15) is 14.4 Å². The fraction of sp³-hybridized carbons (Fsp3) is 0.556. The lowest BCUT2D eigenvalue weighted by Crippen LogP contribution is -2.50. The molecule has 8 heteroatoms. The van der Waals surface area contributed by atoms with Crippen LogP contribution in [0.4, 0.5) is 4.79 Å². The maximum Gasteiger partial charge on any atom is 0.312 e. The average molecular weight is 364 g/mol. The van der Waals surface area contributed by atoms with Crippen LogP contribution in [0.1, 0.15) is 45.1 Å². The van der Waals surface area contributed by atoms with Crippen LogP contribution in [0.3, 0.4) is 0 Å². The van der Waals surface area contributed by atoms with Gasteiger partial charge in [0.15, 0.2) is 0 Å². The minimum Gasteiger partial charge on any atom is -0.466 e. The van der Waals surface area contributed by atoms with Gasteiger partial charge < -0.3 is 20.7 Å². The number of esters is 1. The van der Waals surface area contributed by atoms with Crippen molar-refractivity contribution in [2.45, 2.75) is 52.1 Å². The molecule has 3 N–H and O–H groups in total. The SMILES string of the molecule is CCCCC(NC(N)=O)C(=O)N(CCC(=O)OCC)Cc1cccnc1. The molecule has 3 amide bonds. The molecule has 0 aliphatic rings. The minimum atomic E-state index is -0.744. The van der Waals surface area contributed by atoms with E-state index in [2.05, 4.69) is 10.3 Å². The fourth-order valence-electron chi connectivity index (χ4n) is 2.50. The van der Waals surface area contributed by atoms with Crippen molar-refractivity contribution in [2.24, 2.45) is 5.73 Å². The summed E-state index contributed by atoms with van der Waals surface area (Å²) in [6, 6.07) is 2.16. The molecule has 144 valence electrons. The van der Waals surface area contributed by atoms with Crippen LogP contribution in [0.2, 0.25) is 0 Å². The Bertz CT molecular complexity index is 580. The number of amides is 3. The summed E-state index contributed by atoms with van der Waals surface area (Å²) in [4.78, 5) is 41.5. The molecule has 1 atom stereocenters. The summed E-state index contributed by atoms with van der Waals surface area (Å²) in [6.45, 7) is 4.50. The van der Waals surface area contributed by atoms with Crippen LogP contribution < -0.4 is 11.1 Å². The van der Waals surface area contributed by atoms with Gasteiger partial charge in [0, 0.05) is 25.5 Å². The predicted molar refractivity (Wildman–Crippen MR) is 96.9 cm³/mol. The van der Waals surface area contributed by atoms with Gasteiger partial charge in [-0.15, -0.1) is 0 Å². The maximum absolute atomic E-state index is 12.9. The molecule has 0 bridgehead atoms. The molecule has 0 saturated heterocycles. The normalized spacial score (nSPS) is 11.5. The van der Waals surface area contributed by atoms with Crippen LogP contribution in [-0.2, 0) is 20.9 Å². The third-order valence-electron chi connectivity index (χ3n) is 3.76. The van der Waals surface area contributed by atoms with Crippen LogP contribution in [-0.4, -0.2) is 47.0 Å². The Morgan fingerprint density at radius 2 is 2.12 bits per heavy atom.